The number of amides is 2. The molecule has 1 fully saturated rings. The van der Waals surface area contributed by atoms with Gasteiger partial charge in [-0.05, 0) is 36.4 Å². The standard InChI is InChI=1S/C25H22F2N6O2/c26-20-6-4-17(13-21(20)27)31-25(34)30-16-2-1-3-18(12-16)35-19-5-7-22-23(14-19)32-24(15-29-22)33-10-8-28-9-11-33/h1-7,12-15,28H,8-11H2,(H2,30,31,34). The van der Waals surface area contributed by atoms with Gasteiger partial charge in [-0.25, -0.2) is 18.6 Å². The Morgan fingerprint density at radius 2 is 1.66 bits per heavy atom. The average Bonchev–Trinajstić information content (AvgIpc) is 2.86. The molecule has 0 spiro atoms. The van der Waals surface area contributed by atoms with E-state index >= 15 is 0 Å². The van der Waals surface area contributed by atoms with Gasteiger partial charge in [0.25, 0.3) is 0 Å². The third-order valence-corrected chi connectivity index (χ3v) is 5.45. The Bertz CT molecular complexity index is 1380. The number of carbonyl (C=O) groups excluding carboxylic acids is 1. The normalized spacial score (nSPS) is 13.5. The maximum Gasteiger partial charge on any atom is 0.323 e. The van der Waals surface area contributed by atoms with Crippen LogP contribution in [0.2, 0.25) is 0 Å². The van der Waals surface area contributed by atoms with Crippen LogP contribution in [0, 0.1) is 11.6 Å². The van der Waals surface area contributed by atoms with Crippen molar-refractivity contribution >= 4 is 34.3 Å². The number of aromatic nitrogens is 2. The summed E-state index contributed by atoms with van der Waals surface area (Å²) in [7, 11) is 0. The molecule has 1 aromatic heterocycles. The molecule has 1 aliphatic heterocycles. The summed E-state index contributed by atoms with van der Waals surface area (Å²) >= 11 is 0. The number of nitrogens with one attached hydrogen (secondary N) is 3. The van der Waals surface area contributed by atoms with Gasteiger partial charge in [-0.1, -0.05) is 6.07 Å². The lowest BCUT2D eigenvalue weighted by molar-refractivity contribution is 0.262. The summed E-state index contributed by atoms with van der Waals surface area (Å²) in [5.74, 6) is -0.123. The van der Waals surface area contributed by atoms with E-state index in [1.165, 1.54) is 6.07 Å². The highest BCUT2D eigenvalue weighted by Crippen LogP contribution is 2.27. The third kappa shape index (κ3) is 5.44. The summed E-state index contributed by atoms with van der Waals surface area (Å²) in [6.07, 6.45) is 1.79. The van der Waals surface area contributed by atoms with Crippen molar-refractivity contribution in [2.75, 3.05) is 41.7 Å². The number of ether oxygens (including phenoxy) is 1. The number of hydrogen-bond acceptors (Lipinski definition) is 6. The molecular weight excluding hydrogens is 454 g/mol. The highest BCUT2D eigenvalue weighted by molar-refractivity contribution is 5.99. The summed E-state index contributed by atoms with van der Waals surface area (Å²) in [6.45, 7) is 3.57. The van der Waals surface area contributed by atoms with E-state index in [-0.39, 0.29) is 5.69 Å². The number of urea groups is 1. The molecule has 0 atom stereocenters. The molecule has 5 rings (SSSR count). The van der Waals surface area contributed by atoms with Crippen molar-refractivity contribution in [3.05, 3.63) is 78.5 Å². The molecule has 4 aromatic rings. The van der Waals surface area contributed by atoms with E-state index in [1.54, 1.807) is 36.5 Å². The van der Waals surface area contributed by atoms with Gasteiger partial charge in [0.1, 0.15) is 17.3 Å². The summed E-state index contributed by atoms with van der Waals surface area (Å²) in [4.78, 5) is 23.7. The van der Waals surface area contributed by atoms with E-state index in [2.05, 4.69) is 25.8 Å². The zero-order chi connectivity index (χ0) is 24.2. The zero-order valence-corrected chi connectivity index (χ0v) is 18.6. The van der Waals surface area contributed by atoms with Crippen molar-refractivity contribution in [1.82, 2.24) is 15.3 Å². The smallest absolute Gasteiger partial charge is 0.323 e. The van der Waals surface area contributed by atoms with Crippen molar-refractivity contribution in [3.8, 4) is 11.5 Å². The number of fused-ring (bicyclic) bond motifs is 1. The van der Waals surface area contributed by atoms with Crippen LogP contribution >= 0.6 is 0 Å². The molecule has 3 aromatic carbocycles. The Balaban J connectivity index is 1.27. The minimum absolute atomic E-state index is 0.131. The van der Waals surface area contributed by atoms with Crippen molar-refractivity contribution in [2.24, 2.45) is 0 Å². The fourth-order valence-electron chi connectivity index (χ4n) is 3.73. The minimum Gasteiger partial charge on any atom is -0.457 e. The molecule has 178 valence electrons. The van der Waals surface area contributed by atoms with Gasteiger partial charge in [0.15, 0.2) is 11.6 Å². The van der Waals surface area contributed by atoms with Crippen LogP contribution in [0.3, 0.4) is 0 Å². The second kappa shape index (κ2) is 9.90. The predicted molar refractivity (Wildman–Crippen MR) is 130 cm³/mol. The number of anilines is 3. The number of hydrogen-bond donors (Lipinski definition) is 3. The minimum atomic E-state index is -1.04. The first-order chi connectivity index (χ1) is 17.0. The number of piperazine rings is 1. The van der Waals surface area contributed by atoms with E-state index in [9.17, 15) is 13.6 Å². The van der Waals surface area contributed by atoms with Crippen LogP contribution in [0.1, 0.15) is 0 Å². The Morgan fingerprint density at radius 1 is 0.886 bits per heavy atom. The van der Waals surface area contributed by atoms with Gasteiger partial charge in [-0.15, -0.1) is 0 Å². The molecule has 35 heavy (non-hydrogen) atoms. The first kappa shape index (κ1) is 22.5. The molecule has 0 radical (unpaired) electrons. The molecule has 10 heteroatoms. The predicted octanol–water partition coefficient (Wildman–Crippen LogP) is 4.75. The van der Waals surface area contributed by atoms with Gasteiger partial charge in [-0.3, -0.25) is 4.98 Å². The molecule has 0 unspecified atom stereocenters. The molecule has 2 amide bonds. The molecule has 2 heterocycles. The second-order valence-corrected chi connectivity index (χ2v) is 7.95. The van der Waals surface area contributed by atoms with Crippen LogP contribution in [0.5, 0.6) is 11.5 Å². The lowest BCUT2D eigenvalue weighted by Gasteiger charge is -2.28. The fraction of sp³-hybridized carbons (Fsp3) is 0.160. The third-order valence-electron chi connectivity index (χ3n) is 5.45. The van der Waals surface area contributed by atoms with Crippen LogP contribution in [-0.4, -0.2) is 42.2 Å². The van der Waals surface area contributed by atoms with Gasteiger partial charge in [0.05, 0.1) is 17.2 Å². The zero-order valence-electron chi connectivity index (χ0n) is 18.6. The Morgan fingerprint density at radius 3 is 2.46 bits per heavy atom. The first-order valence-electron chi connectivity index (χ1n) is 11.1. The molecule has 3 N–H and O–H groups in total. The first-order valence-corrected chi connectivity index (χ1v) is 11.1. The molecule has 8 nitrogen and oxygen atoms in total. The number of benzene rings is 3. The number of rotatable bonds is 5. The summed E-state index contributed by atoms with van der Waals surface area (Å²) < 4.78 is 32.4. The Hall–Kier alpha value is -4.31. The van der Waals surface area contributed by atoms with E-state index < -0.39 is 17.7 Å². The second-order valence-electron chi connectivity index (χ2n) is 7.95. The van der Waals surface area contributed by atoms with Gasteiger partial charge in [0, 0.05) is 55.8 Å². The average molecular weight is 476 g/mol. The lowest BCUT2D eigenvalue weighted by Crippen LogP contribution is -2.43. The van der Waals surface area contributed by atoms with E-state index in [0.717, 1.165) is 55.2 Å². The summed E-state index contributed by atoms with van der Waals surface area (Å²) in [6, 6.07) is 14.8. The van der Waals surface area contributed by atoms with Crippen LogP contribution < -0.4 is 25.6 Å². The number of carbonyl (C=O) groups is 1. The summed E-state index contributed by atoms with van der Waals surface area (Å²) in [5, 5.41) is 8.43. The van der Waals surface area contributed by atoms with Crippen LogP contribution in [0.4, 0.5) is 30.8 Å². The van der Waals surface area contributed by atoms with Crippen LogP contribution in [0.25, 0.3) is 11.0 Å². The molecule has 1 saturated heterocycles. The van der Waals surface area contributed by atoms with Gasteiger partial charge in [0.2, 0.25) is 0 Å². The Labute approximate surface area is 200 Å². The van der Waals surface area contributed by atoms with E-state index in [4.69, 9.17) is 9.72 Å². The maximum absolute atomic E-state index is 13.4. The SMILES string of the molecule is O=C(Nc1cccc(Oc2ccc3ncc(N4CCNCC4)nc3c2)c1)Nc1ccc(F)c(F)c1. The largest absolute Gasteiger partial charge is 0.457 e. The number of nitrogens with zero attached hydrogens (tertiary/aromatic N) is 3. The maximum atomic E-state index is 13.4. The van der Waals surface area contributed by atoms with Crippen molar-refractivity contribution in [1.29, 1.82) is 0 Å². The van der Waals surface area contributed by atoms with Gasteiger partial charge >= 0.3 is 6.03 Å². The highest BCUT2D eigenvalue weighted by atomic mass is 19.2. The molecule has 0 bridgehead atoms. The quantitative estimate of drug-likeness (QED) is 0.385. The van der Waals surface area contributed by atoms with Crippen LogP contribution in [0.15, 0.2) is 66.9 Å². The monoisotopic (exact) mass is 476 g/mol. The Kier molecular flexibility index (Phi) is 6.36. The van der Waals surface area contributed by atoms with E-state index in [1.807, 2.05) is 12.1 Å². The highest BCUT2D eigenvalue weighted by Gasteiger charge is 2.13. The van der Waals surface area contributed by atoms with Crippen LogP contribution in [-0.2, 0) is 0 Å². The topological polar surface area (TPSA) is 91.4 Å². The molecule has 0 aliphatic carbocycles. The molecular formula is C25H22F2N6O2. The van der Waals surface area contributed by atoms with Crippen molar-refractivity contribution in [2.45, 2.75) is 0 Å². The fourth-order valence-corrected chi connectivity index (χ4v) is 3.73. The van der Waals surface area contributed by atoms with E-state index in [0.29, 0.717) is 17.2 Å². The van der Waals surface area contributed by atoms with Crippen molar-refractivity contribution < 1.29 is 18.3 Å². The van der Waals surface area contributed by atoms with Gasteiger partial charge < -0.3 is 25.6 Å². The van der Waals surface area contributed by atoms with Crippen molar-refractivity contribution in [3.63, 3.8) is 0 Å². The molecule has 1 aliphatic rings. The molecule has 0 saturated carbocycles. The number of halogens is 2. The van der Waals surface area contributed by atoms with Gasteiger partial charge in [-0.2, -0.15) is 0 Å². The summed E-state index contributed by atoms with van der Waals surface area (Å²) in [5.41, 5.74) is 2.08. The lowest BCUT2D eigenvalue weighted by atomic mass is 10.2.